The molecule has 0 saturated carbocycles. The minimum atomic E-state index is 0.443. The Hall–Kier alpha value is -1.23. The summed E-state index contributed by atoms with van der Waals surface area (Å²) in [6.45, 7) is 2.06. The number of hydrogen-bond acceptors (Lipinski definition) is 4. The molecule has 3 aromatic rings. The van der Waals surface area contributed by atoms with Gasteiger partial charge in [-0.15, -0.1) is 22.7 Å². The number of fused-ring (bicyclic) bond motifs is 1. The van der Waals surface area contributed by atoms with Crippen LogP contribution in [0.15, 0.2) is 35.0 Å². The van der Waals surface area contributed by atoms with Gasteiger partial charge < -0.3 is 5.32 Å². The minimum absolute atomic E-state index is 0.443. The van der Waals surface area contributed by atoms with Gasteiger partial charge in [0.2, 0.25) is 0 Å². The number of aryl methyl sites for hydroxylation is 1. The lowest BCUT2D eigenvalue weighted by atomic mass is 10.0. The summed E-state index contributed by atoms with van der Waals surface area (Å²) < 4.78 is 1.38. The lowest BCUT2D eigenvalue weighted by Crippen LogP contribution is -2.29. The molecular weight excluding hydrogens is 284 g/mol. The molecule has 3 rings (SSSR count). The van der Waals surface area contributed by atoms with E-state index >= 15 is 0 Å². The quantitative estimate of drug-likeness (QED) is 0.769. The van der Waals surface area contributed by atoms with E-state index in [9.17, 15) is 0 Å². The van der Waals surface area contributed by atoms with Gasteiger partial charge in [0.25, 0.3) is 0 Å². The van der Waals surface area contributed by atoms with Crippen molar-refractivity contribution in [1.29, 1.82) is 0 Å². The molecule has 0 aliphatic heterocycles. The van der Waals surface area contributed by atoms with E-state index in [-0.39, 0.29) is 0 Å². The molecule has 0 aliphatic rings. The topological polar surface area (TPSA) is 24.9 Å². The van der Waals surface area contributed by atoms with Gasteiger partial charge in [0.15, 0.2) is 0 Å². The lowest BCUT2D eigenvalue weighted by molar-refractivity contribution is 0.557. The van der Waals surface area contributed by atoms with Crippen molar-refractivity contribution in [2.45, 2.75) is 25.8 Å². The molecule has 2 nitrogen and oxygen atoms in total. The Morgan fingerprint density at radius 2 is 2.00 bits per heavy atom. The van der Waals surface area contributed by atoms with Crippen LogP contribution in [0.25, 0.3) is 10.1 Å². The summed E-state index contributed by atoms with van der Waals surface area (Å²) >= 11 is 3.60. The van der Waals surface area contributed by atoms with Gasteiger partial charge in [-0.1, -0.05) is 18.2 Å². The Balaban J connectivity index is 1.77. The van der Waals surface area contributed by atoms with Gasteiger partial charge in [-0.25, -0.2) is 4.98 Å². The summed E-state index contributed by atoms with van der Waals surface area (Å²) in [5.41, 5.74) is 2.57. The summed E-state index contributed by atoms with van der Waals surface area (Å²) in [7, 11) is 2.04. The van der Waals surface area contributed by atoms with Crippen molar-refractivity contribution in [2.75, 3.05) is 7.05 Å². The number of thiophene rings is 1. The van der Waals surface area contributed by atoms with Crippen molar-refractivity contribution in [3.63, 3.8) is 0 Å². The van der Waals surface area contributed by atoms with Gasteiger partial charge >= 0.3 is 0 Å². The van der Waals surface area contributed by atoms with Crippen LogP contribution in [-0.2, 0) is 12.8 Å². The normalized spacial score (nSPS) is 12.9. The van der Waals surface area contributed by atoms with Crippen molar-refractivity contribution in [1.82, 2.24) is 10.3 Å². The number of rotatable bonds is 5. The molecule has 0 radical (unpaired) electrons. The van der Waals surface area contributed by atoms with Gasteiger partial charge in [0, 0.05) is 28.2 Å². The van der Waals surface area contributed by atoms with Crippen LogP contribution in [0.4, 0.5) is 0 Å². The van der Waals surface area contributed by atoms with E-state index in [1.54, 1.807) is 11.3 Å². The summed E-state index contributed by atoms with van der Waals surface area (Å²) in [6.07, 6.45) is 2.05. The molecule has 20 heavy (non-hydrogen) atoms. The maximum atomic E-state index is 4.57. The van der Waals surface area contributed by atoms with Crippen molar-refractivity contribution in [3.8, 4) is 0 Å². The molecule has 4 heteroatoms. The zero-order chi connectivity index (χ0) is 13.9. The average Bonchev–Trinajstić information content (AvgIpc) is 3.05. The Morgan fingerprint density at radius 1 is 1.15 bits per heavy atom. The predicted molar refractivity (Wildman–Crippen MR) is 88.9 cm³/mol. The van der Waals surface area contributed by atoms with Gasteiger partial charge in [0.05, 0.1) is 5.01 Å². The molecule has 0 saturated heterocycles. The van der Waals surface area contributed by atoms with E-state index in [0.29, 0.717) is 6.04 Å². The van der Waals surface area contributed by atoms with Crippen LogP contribution < -0.4 is 5.32 Å². The number of nitrogens with one attached hydrogen (secondary N) is 1. The maximum Gasteiger partial charge on any atom is 0.0943 e. The molecule has 1 unspecified atom stereocenters. The number of nitrogens with zero attached hydrogens (tertiary/aromatic N) is 1. The van der Waals surface area contributed by atoms with E-state index < -0.39 is 0 Å². The zero-order valence-electron chi connectivity index (χ0n) is 11.7. The second-order valence-corrected chi connectivity index (χ2v) is 6.89. The average molecular weight is 302 g/mol. The predicted octanol–water partition coefficient (Wildman–Crippen LogP) is 4.04. The summed E-state index contributed by atoms with van der Waals surface area (Å²) in [5, 5.41) is 10.5. The van der Waals surface area contributed by atoms with Crippen LogP contribution in [-0.4, -0.2) is 18.1 Å². The third-order valence-corrected chi connectivity index (χ3v) is 5.52. The number of thiazole rings is 1. The van der Waals surface area contributed by atoms with Crippen molar-refractivity contribution in [2.24, 2.45) is 0 Å². The summed E-state index contributed by atoms with van der Waals surface area (Å²) in [5.74, 6) is 0. The third-order valence-electron chi connectivity index (χ3n) is 3.52. The smallest absolute Gasteiger partial charge is 0.0943 e. The number of likely N-dealkylation sites (N-methyl/N-ethyl adjacent to an activating group) is 1. The Morgan fingerprint density at radius 3 is 2.75 bits per heavy atom. The van der Waals surface area contributed by atoms with Crippen LogP contribution >= 0.6 is 22.7 Å². The Kier molecular flexibility index (Phi) is 4.15. The second kappa shape index (κ2) is 6.04. The number of hydrogen-bond donors (Lipinski definition) is 1. The highest BCUT2D eigenvalue weighted by Gasteiger charge is 2.13. The molecule has 1 aromatic carbocycles. The summed E-state index contributed by atoms with van der Waals surface area (Å²) in [4.78, 5) is 4.57. The highest BCUT2D eigenvalue weighted by atomic mass is 32.1. The fraction of sp³-hybridized carbons (Fsp3) is 0.312. The monoisotopic (exact) mass is 302 g/mol. The van der Waals surface area contributed by atoms with Crippen molar-refractivity contribution < 1.29 is 0 Å². The van der Waals surface area contributed by atoms with Gasteiger partial charge in [-0.05, 0) is 42.8 Å². The first kappa shape index (κ1) is 13.7. The Labute approximate surface area is 127 Å². The van der Waals surface area contributed by atoms with Crippen LogP contribution in [0, 0.1) is 6.92 Å². The molecule has 1 atom stereocenters. The van der Waals surface area contributed by atoms with Gasteiger partial charge in [-0.2, -0.15) is 0 Å². The summed E-state index contributed by atoms with van der Waals surface area (Å²) in [6, 6.07) is 9.09. The lowest BCUT2D eigenvalue weighted by Gasteiger charge is -2.14. The molecule has 0 bridgehead atoms. The first-order valence-corrected chi connectivity index (χ1v) is 8.55. The first-order chi connectivity index (χ1) is 9.76. The molecule has 2 heterocycles. The van der Waals surface area contributed by atoms with Crippen molar-refractivity contribution >= 4 is 32.8 Å². The third kappa shape index (κ3) is 2.92. The van der Waals surface area contributed by atoms with Crippen molar-refractivity contribution in [3.05, 3.63) is 51.3 Å². The first-order valence-electron chi connectivity index (χ1n) is 6.79. The zero-order valence-corrected chi connectivity index (χ0v) is 13.4. The van der Waals surface area contributed by atoms with Gasteiger partial charge in [0.1, 0.15) is 0 Å². The molecule has 0 aliphatic carbocycles. The van der Waals surface area contributed by atoms with E-state index in [0.717, 1.165) is 18.5 Å². The van der Waals surface area contributed by atoms with E-state index in [2.05, 4.69) is 52.3 Å². The highest BCUT2D eigenvalue weighted by molar-refractivity contribution is 7.17. The fourth-order valence-corrected chi connectivity index (χ4v) is 4.27. The number of aromatic nitrogens is 1. The highest BCUT2D eigenvalue weighted by Crippen LogP contribution is 2.27. The minimum Gasteiger partial charge on any atom is -0.316 e. The van der Waals surface area contributed by atoms with Crippen LogP contribution in [0.1, 0.15) is 16.3 Å². The molecule has 0 spiro atoms. The standard InChI is InChI=1S/C16H18N2S2/c1-11-9-20-16(18-11)8-13(17-2)7-12-10-19-15-6-4-3-5-14(12)15/h3-6,9-10,13,17H,7-8H2,1-2H3. The van der Waals surface area contributed by atoms with E-state index in [4.69, 9.17) is 0 Å². The molecule has 2 aromatic heterocycles. The van der Waals surface area contributed by atoms with Crippen LogP contribution in [0.2, 0.25) is 0 Å². The SMILES string of the molecule is CNC(Cc1nc(C)cs1)Cc1csc2ccccc12. The molecule has 0 amide bonds. The fourth-order valence-electron chi connectivity index (χ4n) is 2.44. The molecule has 1 N–H and O–H groups in total. The molecular formula is C16H18N2S2. The van der Waals surface area contributed by atoms with Crippen LogP contribution in [0.5, 0.6) is 0 Å². The number of benzene rings is 1. The van der Waals surface area contributed by atoms with Gasteiger partial charge in [-0.3, -0.25) is 0 Å². The maximum absolute atomic E-state index is 4.57. The molecule has 0 fully saturated rings. The second-order valence-electron chi connectivity index (χ2n) is 5.03. The largest absolute Gasteiger partial charge is 0.316 e. The molecule has 104 valence electrons. The van der Waals surface area contributed by atoms with Crippen LogP contribution in [0.3, 0.4) is 0 Å². The van der Waals surface area contributed by atoms with E-state index in [1.807, 2.05) is 18.4 Å². The Bertz CT molecular complexity index is 699. The van der Waals surface area contributed by atoms with E-state index in [1.165, 1.54) is 20.7 Å².